The summed E-state index contributed by atoms with van der Waals surface area (Å²) in [5, 5.41) is 3.20. The summed E-state index contributed by atoms with van der Waals surface area (Å²) < 4.78 is 0. The van der Waals surface area contributed by atoms with Crippen molar-refractivity contribution >= 4 is 17.5 Å². The number of hydrogen-bond acceptors (Lipinski definition) is 3. The van der Waals surface area contributed by atoms with Crippen molar-refractivity contribution in [3.8, 4) is 0 Å². The van der Waals surface area contributed by atoms with Gasteiger partial charge in [0, 0.05) is 5.54 Å². The second-order valence-corrected chi connectivity index (χ2v) is 6.05. The first-order chi connectivity index (χ1) is 8.78. The molecule has 1 aliphatic rings. The molecule has 2 rings (SSSR count). The highest BCUT2D eigenvalue weighted by molar-refractivity contribution is 6.22. The minimum Gasteiger partial charge on any atom is -0.301 e. The quantitative estimate of drug-likeness (QED) is 0.828. The summed E-state index contributed by atoms with van der Waals surface area (Å²) in [6.07, 6.45) is 0.226. The lowest BCUT2D eigenvalue weighted by Gasteiger charge is -2.24. The number of imide groups is 1. The van der Waals surface area contributed by atoms with Crippen LogP contribution in [0.2, 0.25) is 0 Å². The third-order valence-corrected chi connectivity index (χ3v) is 3.05. The molecule has 0 aliphatic carbocycles. The zero-order valence-electron chi connectivity index (χ0n) is 11.9. The van der Waals surface area contributed by atoms with Crippen molar-refractivity contribution in [2.45, 2.75) is 45.7 Å². The van der Waals surface area contributed by atoms with Crippen molar-refractivity contribution in [3.63, 3.8) is 0 Å². The molecule has 1 N–H and O–H groups in total. The van der Waals surface area contributed by atoms with E-state index in [1.165, 1.54) is 4.90 Å². The smallest absolute Gasteiger partial charge is 0.251 e. The van der Waals surface area contributed by atoms with Gasteiger partial charge in [-0.2, -0.15) is 0 Å². The molecule has 1 saturated heterocycles. The molecule has 2 amide bonds. The third kappa shape index (κ3) is 3.01. The molecule has 0 bridgehead atoms. The Hall–Kier alpha value is -1.68. The maximum Gasteiger partial charge on any atom is 0.251 e. The van der Waals surface area contributed by atoms with Gasteiger partial charge in [-0.05, 0) is 39.8 Å². The minimum atomic E-state index is -0.422. The number of anilines is 1. The van der Waals surface area contributed by atoms with E-state index in [2.05, 4.69) is 5.32 Å². The molecule has 1 aromatic rings. The molecule has 1 aromatic carbocycles. The van der Waals surface area contributed by atoms with Gasteiger partial charge >= 0.3 is 0 Å². The number of amides is 2. The van der Waals surface area contributed by atoms with E-state index in [0.717, 1.165) is 5.56 Å². The van der Waals surface area contributed by atoms with E-state index in [9.17, 15) is 9.59 Å². The van der Waals surface area contributed by atoms with Crippen molar-refractivity contribution < 1.29 is 9.59 Å². The molecule has 102 valence electrons. The summed E-state index contributed by atoms with van der Waals surface area (Å²) in [5.74, 6) is -0.306. The van der Waals surface area contributed by atoms with Gasteiger partial charge in [0.25, 0.3) is 5.91 Å². The van der Waals surface area contributed by atoms with Gasteiger partial charge in [-0.15, -0.1) is 0 Å². The molecule has 0 radical (unpaired) electrons. The Morgan fingerprint density at radius 1 is 1.16 bits per heavy atom. The van der Waals surface area contributed by atoms with Gasteiger partial charge in [-0.25, -0.2) is 4.90 Å². The predicted molar refractivity (Wildman–Crippen MR) is 75.0 cm³/mol. The Labute approximate surface area is 113 Å². The topological polar surface area (TPSA) is 49.4 Å². The van der Waals surface area contributed by atoms with E-state index in [0.29, 0.717) is 5.69 Å². The largest absolute Gasteiger partial charge is 0.301 e. The Morgan fingerprint density at radius 2 is 1.74 bits per heavy atom. The van der Waals surface area contributed by atoms with E-state index in [-0.39, 0.29) is 23.8 Å². The molecule has 4 nitrogen and oxygen atoms in total. The Kier molecular flexibility index (Phi) is 3.45. The zero-order chi connectivity index (χ0) is 14.2. The molecular weight excluding hydrogens is 240 g/mol. The number of nitrogens with zero attached hydrogens (tertiary/aromatic N) is 1. The number of carbonyl (C=O) groups is 2. The van der Waals surface area contributed by atoms with Crippen LogP contribution in [0.1, 0.15) is 32.8 Å². The van der Waals surface area contributed by atoms with Crippen molar-refractivity contribution in [2.75, 3.05) is 4.90 Å². The molecule has 19 heavy (non-hydrogen) atoms. The van der Waals surface area contributed by atoms with Gasteiger partial charge in [-0.1, -0.05) is 17.7 Å². The summed E-state index contributed by atoms with van der Waals surface area (Å²) in [5.41, 5.74) is 1.56. The van der Waals surface area contributed by atoms with Gasteiger partial charge in [0.05, 0.1) is 18.2 Å². The van der Waals surface area contributed by atoms with Crippen LogP contribution in [0.5, 0.6) is 0 Å². The van der Waals surface area contributed by atoms with Crippen LogP contribution < -0.4 is 10.2 Å². The van der Waals surface area contributed by atoms with Gasteiger partial charge in [0.1, 0.15) is 0 Å². The number of rotatable bonds is 2. The first-order valence-corrected chi connectivity index (χ1v) is 6.49. The Morgan fingerprint density at radius 3 is 2.26 bits per heavy atom. The van der Waals surface area contributed by atoms with Crippen LogP contribution in [0.15, 0.2) is 24.3 Å². The second-order valence-electron chi connectivity index (χ2n) is 6.05. The minimum absolute atomic E-state index is 0.143. The second kappa shape index (κ2) is 4.78. The first kappa shape index (κ1) is 13.7. The highest BCUT2D eigenvalue weighted by Gasteiger charge is 2.40. The highest BCUT2D eigenvalue weighted by Crippen LogP contribution is 2.24. The summed E-state index contributed by atoms with van der Waals surface area (Å²) in [7, 11) is 0. The monoisotopic (exact) mass is 260 g/mol. The zero-order valence-corrected chi connectivity index (χ0v) is 11.9. The molecule has 1 fully saturated rings. The standard InChI is InChI=1S/C15H20N2O2/c1-10-5-7-11(8-6-10)17-13(18)9-12(14(17)19)16-15(2,3)4/h5-8,12,16H,9H2,1-4H3. The highest BCUT2D eigenvalue weighted by atomic mass is 16.2. The van der Waals surface area contributed by atoms with E-state index < -0.39 is 6.04 Å². The molecule has 1 atom stereocenters. The Bertz CT molecular complexity index is 500. The molecule has 4 heteroatoms. The van der Waals surface area contributed by atoms with Crippen molar-refractivity contribution in [1.29, 1.82) is 0 Å². The number of benzene rings is 1. The van der Waals surface area contributed by atoms with E-state index in [4.69, 9.17) is 0 Å². The summed E-state index contributed by atoms with van der Waals surface area (Å²) >= 11 is 0. The van der Waals surface area contributed by atoms with E-state index in [1.807, 2.05) is 52.0 Å². The maximum atomic E-state index is 12.3. The fourth-order valence-electron chi connectivity index (χ4n) is 2.23. The van der Waals surface area contributed by atoms with Crippen LogP contribution in [-0.2, 0) is 9.59 Å². The fraction of sp³-hybridized carbons (Fsp3) is 0.467. The van der Waals surface area contributed by atoms with Gasteiger partial charge in [0.2, 0.25) is 5.91 Å². The molecule has 0 aromatic heterocycles. The molecule has 1 heterocycles. The third-order valence-electron chi connectivity index (χ3n) is 3.05. The lowest BCUT2D eigenvalue weighted by molar-refractivity contribution is -0.121. The van der Waals surface area contributed by atoms with Crippen LogP contribution in [0, 0.1) is 6.92 Å². The molecular formula is C15H20N2O2. The van der Waals surface area contributed by atoms with E-state index in [1.54, 1.807) is 0 Å². The number of aryl methyl sites for hydroxylation is 1. The van der Waals surface area contributed by atoms with Crippen LogP contribution in [0.3, 0.4) is 0 Å². The normalized spacial score (nSPS) is 20.2. The molecule has 0 saturated carbocycles. The summed E-state index contributed by atoms with van der Waals surface area (Å²) in [6, 6.07) is 7.00. The van der Waals surface area contributed by atoms with Gasteiger partial charge in [-0.3, -0.25) is 9.59 Å². The van der Waals surface area contributed by atoms with Crippen LogP contribution in [0.4, 0.5) is 5.69 Å². The lowest BCUT2D eigenvalue weighted by atomic mass is 10.1. The van der Waals surface area contributed by atoms with Gasteiger partial charge in [0.15, 0.2) is 0 Å². The fourth-order valence-corrected chi connectivity index (χ4v) is 2.23. The van der Waals surface area contributed by atoms with Crippen molar-refractivity contribution in [2.24, 2.45) is 0 Å². The van der Waals surface area contributed by atoms with E-state index >= 15 is 0 Å². The number of hydrogen-bond donors (Lipinski definition) is 1. The maximum absolute atomic E-state index is 12.3. The summed E-state index contributed by atoms with van der Waals surface area (Å²) in [6.45, 7) is 7.93. The number of nitrogens with one attached hydrogen (secondary N) is 1. The van der Waals surface area contributed by atoms with Crippen molar-refractivity contribution in [1.82, 2.24) is 5.32 Å². The number of carbonyl (C=O) groups excluding carboxylic acids is 2. The first-order valence-electron chi connectivity index (χ1n) is 6.49. The molecule has 1 aliphatic heterocycles. The average molecular weight is 260 g/mol. The molecule has 1 unspecified atom stereocenters. The Balaban J connectivity index is 2.21. The SMILES string of the molecule is Cc1ccc(N2C(=O)CC(NC(C)(C)C)C2=O)cc1. The van der Waals surface area contributed by atoms with Crippen molar-refractivity contribution in [3.05, 3.63) is 29.8 Å². The molecule has 0 spiro atoms. The average Bonchev–Trinajstić information content (AvgIpc) is 2.54. The van der Waals surface area contributed by atoms with Gasteiger partial charge < -0.3 is 5.32 Å². The predicted octanol–water partition coefficient (Wildman–Crippen LogP) is 2.02. The lowest BCUT2D eigenvalue weighted by Crippen LogP contribution is -2.47. The summed E-state index contributed by atoms with van der Waals surface area (Å²) in [4.78, 5) is 25.6. The van der Waals surface area contributed by atoms with Crippen LogP contribution in [0.25, 0.3) is 0 Å². The van der Waals surface area contributed by atoms with Crippen LogP contribution in [-0.4, -0.2) is 23.4 Å². The van der Waals surface area contributed by atoms with Crippen LogP contribution >= 0.6 is 0 Å².